The number of benzene rings is 2. The number of halogens is 2. The van der Waals surface area contributed by atoms with Gasteiger partial charge in [-0.05, 0) is 150 Å². The zero-order valence-corrected chi connectivity index (χ0v) is 50.5. The third-order valence-electron chi connectivity index (χ3n) is 15.4. The SMILES string of the molecule is CCCCCCc1ccc(-c2ccc(-c3c(F)cc(-c4cc5c(s4)-c4sc(-c6cc(F)c(-c7ccc(-c8ccc(C)s8)s7)c7snnc67)cc4[Si]5(CC(CC)CCCC)CC(CC)CCCC)c4nnsc34)s2)s1. The largest absolute Gasteiger partial charge is 0.206 e. The quantitative estimate of drug-likeness (QED) is 0.0473. The van der Waals surface area contributed by atoms with Crippen molar-refractivity contribution >= 4 is 130 Å². The number of hydrogen-bond donors (Lipinski definition) is 0. The number of aryl methyl sites for hydroxylation is 2. The molecule has 2 unspecified atom stereocenters. The zero-order chi connectivity index (χ0) is 51.1. The van der Waals surface area contributed by atoms with Gasteiger partial charge in [0.2, 0.25) is 0 Å². The zero-order valence-electron chi connectivity index (χ0n) is 43.0. The summed E-state index contributed by atoms with van der Waals surface area (Å²) >= 11 is 13.1. The number of fused-ring (bicyclic) bond motifs is 5. The first kappa shape index (κ1) is 52.4. The predicted molar refractivity (Wildman–Crippen MR) is 327 cm³/mol. The molecule has 74 heavy (non-hydrogen) atoms. The Morgan fingerprint density at radius 3 is 1.45 bits per heavy atom. The lowest BCUT2D eigenvalue weighted by Crippen LogP contribution is -2.56. The van der Waals surface area contributed by atoms with E-state index >= 15 is 8.78 Å². The highest BCUT2D eigenvalue weighted by Crippen LogP contribution is 2.52. The first-order chi connectivity index (χ1) is 36.1. The molecular formula is C59H62F2N4S8Si. The van der Waals surface area contributed by atoms with Gasteiger partial charge in [0.15, 0.2) is 0 Å². The van der Waals surface area contributed by atoms with Gasteiger partial charge < -0.3 is 0 Å². The first-order valence-corrected chi connectivity index (χ1v) is 35.6. The molecule has 0 radical (unpaired) electrons. The first-order valence-electron chi connectivity index (χ1n) is 26.7. The molecule has 384 valence electrons. The minimum Gasteiger partial charge on any atom is -0.206 e. The van der Waals surface area contributed by atoms with Gasteiger partial charge in [-0.1, -0.05) is 114 Å². The van der Waals surface area contributed by atoms with Crippen LogP contribution in [0.2, 0.25) is 12.1 Å². The molecule has 1 aliphatic rings. The van der Waals surface area contributed by atoms with Crippen LogP contribution in [0.3, 0.4) is 0 Å². The summed E-state index contributed by atoms with van der Waals surface area (Å²) in [7, 11) is -2.52. The molecule has 11 rings (SSSR count). The number of aromatic nitrogens is 4. The van der Waals surface area contributed by atoms with Crippen LogP contribution < -0.4 is 10.4 Å². The maximum Gasteiger partial charge on any atom is 0.134 e. The minimum absolute atomic E-state index is 0.228. The Morgan fingerprint density at radius 2 is 0.959 bits per heavy atom. The van der Waals surface area contributed by atoms with Crippen molar-refractivity contribution in [1.29, 1.82) is 0 Å². The van der Waals surface area contributed by atoms with Crippen molar-refractivity contribution in [2.75, 3.05) is 0 Å². The summed E-state index contributed by atoms with van der Waals surface area (Å²) in [6, 6.07) is 28.0. The number of hydrogen-bond acceptors (Lipinski definition) is 12. The molecule has 2 atom stereocenters. The van der Waals surface area contributed by atoms with Crippen LogP contribution in [0.25, 0.3) is 91.5 Å². The highest BCUT2D eigenvalue weighted by atomic mass is 32.1. The molecule has 9 heterocycles. The van der Waals surface area contributed by atoms with E-state index in [1.165, 1.54) is 144 Å². The van der Waals surface area contributed by atoms with E-state index in [1.54, 1.807) is 68.8 Å². The fraction of sp³-hybridized carbons (Fsp3) is 0.390. The van der Waals surface area contributed by atoms with Gasteiger partial charge in [0.1, 0.15) is 30.7 Å². The van der Waals surface area contributed by atoms with Gasteiger partial charge in [-0.2, -0.15) is 0 Å². The molecule has 0 saturated carbocycles. The molecule has 0 fully saturated rings. The Bertz CT molecular complexity index is 3540. The van der Waals surface area contributed by atoms with E-state index in [4.69, 9.17) is 10.2 Å². The third kappa shape index (κ3) is 9.97. The van der Waals surface area contributed by atoms with Crippen LogP contribution in [0.5, 0.6) is 0 Å². The van der Waals surface area contributed by atoms with Crippen LogP contribution in [0, 0.1) is 30.4 Å². The molecule has 0 amide bonds. The van der Waals surface area contributed by atoms with Gasteiger partial charge >= 0.3 is 0 Å². The number of unbranched alkanes of at least 4 members (excludes halogenated alkanes) is 5. The number of rotatable bonds is 23. The van der Waals surface area contributed by atoms with Crippen LogP contribution in [-0.2, 0) is 6.42 Å². The average Bonchev–Trinajstić information content (AvgIpc) is 4.25. The number of thiophene rings is 6. The Kier molecular flexibility index (Phi) is 16.1. The highest BCUT2D eigenvalue weighted by molar-refractivity contribution is 7.32. The molecule has 0 aliphatic carbocycles. The summed E-state index contributed by atoms with van der Waals surface area (Å²) in [6.45, 7) is 13.8. The van der Waals surface area contributed by atoms with Crippen LogP contribution in [0.4, 0.5) is 8.78 Å². The van der Waals surface area contributed by atoms with Crippen LogP contribution in [0.15, 0.2) is 72.8 Å². The molecule has 0 spiro atoms. The summed E-state index contributed by atoms with van der Waals surface area (Å²) < 4.78 is 44.9. The molecular weight excluding hydrogens is 1090 g/mol. The van der Waals surface area contributed by atoms with E-state index in [0.717, 1.165) is 75.2 Å². The van der Waals surface area contributed by atoms with E-state index in [9.17, 15) is 0 Å². The molecule has 10 aromatic rings. The van der Waals surface area contributed by atoms with Crippen molar-refractivity contribution in [3.05, 3.63) is 94.2 Å². The van der Waals surface area contributed by atoms with Gasteiger partial charge in [0.05, 0.1) is 9.40 Å². The van der Waals surface area contributed by atoms with Gasteiger partial charge in [-0.3, -0.25) is 0 Å². The highest BCUT2D eigenvalue weighted by Gasteiger charge is 2.50. The summed E-state index contributed by atoms with van der Waals surface area (Å²) in [5.74, 6) is 0.711. The fourth-order valence-corrected chi connectivity index (χ4v) is 27.7. The maximum atomic E-state index is 17.2. The molecule has 0 bridgehead atoms. The second kappa shape index (κ2) is 22.7. The third-order valence-corrected chi connectivity index (χ3v) is 29.9. The van der Waals surface area contributed by atoms with Crippen LogP contribution >= 0.6 is 91.1 Å². The van der Waals surface area contributed by atoms with E-state index in [1.807, 2.05) is 11.3 Å². The Balaban J connectivity index is 1.02. The van der Waals surface area contributed by atoms with Crippen molar-refractivity contribution < 1.29 is 8.78 Å². The topological polar surface area (TPSA) is 51.6 Å². The Labute approximate surface area is 468 Å². The second-order valence-corrected chi connectivity index (χ2v) is 32.6. The van der Waals surface area contributed by atoms with Gasteiger partial charge in [0, 0.05) is 80.8 Å². The lowest BCUT2D eigenvalue weighted by molar-refractivity contribution is 0.469. The maximum absolute atomic E-state index is 17.2. The summed E-state index contributed by atoms with van der Waals surface area (Å²) in [5, 5.41) is 12.6. The molecule has 0 N–H and O–H groups in total. The van der Waals surface area contributed by atoms with E-state index in [2.05, 4.69) is 111 Å². The van der Waals surface area contributed by atoms with Crippen molar-refractivity contribution in [3.8, 4) is 71.0 Å². The smallest absolute Gasteiger partial charge is 0.134 e. The normalized spacial score (nSPS) is 15.2. The van der Waals surface area contributed by atoms with Crippen LogP contribution in [-0.4, -0.2) is 27.2 Å². The van der Waals surface area contributed by atoms with Crippen molar-refractivity contribution in [3.63, 3.8) is 0 Å². The summed E-state index contributed by atoms with van der Waals surface area (Å²) in [6.07, 6.45) is 15.6. The predicted octanol–water partition coefficient (Wildman–Crippen LogP) is 20.8. The molecule has 0 saturated heterocycles. The fourth-order valence-electron chi connectivity index (χ4n) is 11.4. The lowest BCUT2D eigenvalue weighted by atomic mass is 10.0. The average molecular weight is 1150 g/mol. The monoisotopic (exact) mass is 1150 g/mol. The molecule has 15 heteroatoms. The standard InChI is InChI=1S/C59H62F2N4S8Si/c1-7-12-15-16-19-37-21-23-43(67-37)45-25-27-47(69-45)53-41(61)29-39(55-59(53)73-65-63-55)49-31-51-57(71-49)56-50(74(51,32-35(10-4)17-13-8-2)33-36(11-5)18-14-9-3)30-48(70-56)38-28-40(60)52(58-54(38)62-64-72-58)46-26-24-44(68-46)42-22-20-34(6)66-42/h20-31,35-36H,7-19,32-33H2,1-6H3. The Morgan fingerprint density at radius 1 is 0.486 bits per heavy atom. The van der Waals surface area contributed by atoms with E-state index in [0.29, 0.717) is 23.0 Å². The molecule has 4 nitrogen and oxygen atoms in total. The number of nitrogens with zero attached hydrogens (tertiary/aromatic N) is 4. The van der Waals surface area contributed by atoms with Crippen molar-refractivity contribution in [1.82, 2.24) is 19.2 Å². The van der Waals surface area contributed by atoms with Crippen molar-refractivity contribution in [2.45, 2.75) is 137 Å². The van der Waals surface area contributed by atoms with E-state index < -0.39 is 8.07 Å². The Hall–Kier alpha value is -3.64. The second-order valence-electron chi connectivity index (χ2n) is 20.3. The van der Waals surface area contributed by atoms with Crippen LogP contribution in [0.1, 0.15) is 121 Å². The van der Waals surface area contributed by atoms with Gasteiger partial charge in [-0.25, -0.2) is 8.78 Å². The molecule has 8 aromatic heterocycles. The minimum atomic E-state index is -2.52. The van der Waals surface area contributed by atoms with Crippen molar-refractivity contribution in [2.24, 2.45) is 11.8 Å². The lowest BCUT2D eigenvalue weighted by Gasteiger charge is -2.35. The molecule has 2 aromatic carbocycles. The van der Waals surface area contributed by atoms with Gasteiger partial charge in [0.25, 0.3) is 0 Å². The van der Waals surface area contributed by atoms with E-state index in [-0.39, 0.29) is 11.6 Å². The molecule has 1 aliphatic heterocycles. The van der Waals surface area contributed by atoms with Gasteiger partial charge in [-0.15, -0.1) is 78.2 Å². The summed E-state index contributed by atoms with van der Waals surface area (Å²) in [4.78, 5) is 14.0. The summed E-state index contributed by atoms with van der Waals surface area (Å²) in [5.41, 5.74) is 4.38.